The molecular formula is C17H23BrN2O4. The molecule has 7 heteroatoms. The van der Waals surface area contributed by atoms with E-state index in [1.54, 1.807) is 26.8 Å². The Labute approximate surface area is 150 Å². The topological polar surface area (TPSA) is 81.9 Å². The van der Waals surface area contributed by atoms with Gasteiger partial charge in [-0.3, -0.25) is 9.69 Å². The van der Waals surface area contributed by atoms with Gasteiger partial charge in [-0.15, -0.1) is 0 Å². The van der Waals surface area contributed by atoms with E-state index in [9.17, 15) is 9.59 Å². The predicted octanol–water partition coefficient (Wildman–Crippen LogP) is 2.78. The van der Waals surface area contributed by atoms with Gasteiger partial charge in [0.2, 0.25) is 0 Å². The fourth-order valence-electron chi connectivity index (χ4n) is 2.44. The Morgan fingerprint density at radius 1 is 1.42 bits per heavy atom. The van der Waals surface area contributed by atoms with Crippen LogP contribution in [0.3, 0.4) is 0 Å². The smallest absolute Gasteiger partial charge is 0.411 e. The third kappa shape index (κ3) is 4.95. The summed E-state index contributed by atoms with van der Waals surface area (Å²) in [5.74, 6) is -0.120. The van der Waals surface area contributed by atoms with Crippen molar-refractivity contribution in [3.05, 3.63) is 28.2 Å². The van der Waals surface area contributed by atoms with Gasteiger partial charge in [0.1, 0.15) is 11.6 Å². The van der Waals surface area contributed by atoms with Gasteiger partial charge in [0.05, 0.1) is 13.2 Å². The maximum Gasteiger partial charge on any atom is 0.411 e. The molecule has 1 fully saturated rings. The number of nitrogens with zero attached hydrogens (tertiary/aromatic N) is 1. The Hall–Kier alpha value is -1.60. The number of carbonyl (C=O) groups excluding carboxylic acids is 2. The van der Waals surface area contributed by atoms with Crippen molar-refractivity contribution in [2.45, 2.75) is 38.8 Å². The summed E-state index contributed by atoms with van der Waals surface area (Å²) in [6.45, 7) is 6.28. The van der Waals surface area contributed by atoms with Crippen molar-refractivity contribution in [1.82, 2.24) is 4.90 Å². The number of nitrogens with two attached hydrogens (primary N) is 1. The highest BCUT2D eigenvalue weighted by molar-refractivity contribution is 9.10. The fraction of sp³-hybridized carbons (Fsp3) is 0.529. The maximum absolute atomic E-state index is 12.7. The first kappa shape index (κ1) is 18.7. The Morgan fingerprint density at radius 2 is 2.12 bits per heavy atom. The minimum atomic E-state index is -0.660. The van der Waals surface area contributed by atoms with E-state index >= 15 is 0 Å². The van der Waals surface area contributed by atoms with Gasteiger partial charge in [-0.05, 0) is 44.5 Å². The van der Waals surface area contributed by atoms with Gasteiger partial charge >= 0.3 is 6.09 Å². The van der Waals surface area contributed by atoms with Crippen LogP contribution in [0.2, 0.25) is 0 Å². The molecule has 1 aliphatic heterocycles. The summed E-state index contributed by atoms with van der Waals surface area (Å²) in [5, 5.41) is 0. The van der Waals surface area contributed by atoms with E-state index in [-0.39, 0.29) is 18.8 Å². The number of carbonyl (C=O) groups is 2. The van der Waals surface area contributed by atoms with E-state index in [0.29, 0.717) is 18.8 Å². The second-order valence-electron chi connectivity index (χ2n) is 6.75. The third-order valence-corrected chi connectivity index (χ3v) is 4.09. The minimum Gasteiger partial charge on any atom is -0.444 e. The first-order chi connectivity index (χ1) is 11.2. The van der Waals surface area contributed by atoms with Gasteiger partial charge in [-0.2, -0.15) is 0 Å². The van der Waals surface area contributed by atoms with Crippen molar-refractivity contribution in [2.24, 2.45) is 0 Å². The third-order valence-electron chi connectivity index (χ3n) is 3.60. The first-order valence-electron chi connectivity index (χ1n) is 7.81. The number of morpholine rings is 1. The lowest BCUT2D eigenvalue weighted by Crippen LogP contribution is -2.54. The van der Waals surface area contributed by atoms with Crippen LogP contribution in [0.1, 0.15) is 26.3 Å². The zero-order valence-corrected chi connectivity index (χ0v) is 15.8. The lowest BCUT2D eigenvalue weighted by atomic mass is 10.0. The van der Waals surface area contributed by atoms with E-state index in [2.05, 4.69) is 15.9 Å². The average molecular weight is 399 g/mol. The molecule has 0 aromatic heterocycles. The van der Waals surface area contributed by atoms with Crippen molar-refractivity contribution in [3.8, 4) is 0 Å². The molecule has 1 aliphatic rings. The molecule has 0 unspecified atom stereocenters. The highest BCUT2D eigenvalue weighted by atomic mass is 79.9. The number of hydrogen-bond acceptors (Lipinski definition) is 5. The highest BCUT2D eigenvalue weighted by Crippen LogP contribution is 2.21. The zero-order chi connectivity index (χ0) is 17.9. The first-order valence-corrected chi connectivity index (χ1v) is 8.60. The summed E-state index contributed by atoms with van der Waals surface area (Å²) in [4.78, 5) is 26.5. The Bertz CT molecular complexity index is 628. The van der Waals surface area contributed by atoms with Crippen LogP contribution >= 0.6 is 15.9 Å². The van der Waals surface area contributed by atoms with Crippen molar-refractivity contribution in [2.75, 3.05) is 25.5 Å². The normalized spacial score (nSPS) is 18.3. The minimum absolute atomic E-state index is 0.120. The molecule has 1 aromatic carbocycles. The second kappa shape index (κ2) is 7.53. The van der Waals surface area contributed by atoms with Gasteiger partial charge in [0.15, 0.2) is 5.78 Å². The molecule has 1 amide bonds. The average Bonchev–Trinajstić information content (AvgIpc) is 2.49. The number of halogens is 1. The Kier molecular flexibility index (Phi) is 5.87. The summed E-state index contributed by atoms with van der Waals surface area (Å²) >= 11 is 3.37. The number of hydrogen-bond donors (Lipinski definition) is 1. The van der Waals surface area contributed by atoms with Crippen LogP contribution in [0.25, 0.3) is 0 Å². The number of Topliss-reactive ketones (excluding diaryl/α,β-unsaturated/α-hetero) is 1. The van der Waals surface area contributed by atoms with Gasteiger partial charge in [0, 0.05) is 23.1 Å². The molecule has 0 bridgehead atoms. The molecule has 0 spiro atoms. The number of rotatable bonds is 3. The molecule has 2 rings (SSSR count). The van der Waals surface area contributed by atoms with E-state index in [0.717, 1.165) is 10.0 Å². The van der Waals surface area contributed by atoms with Gasteiger partial charge < -0.3 is 15.2 Å². The molecule has 132 valence electrons. The van der Waals surface area contributed by atoms with Crippen LogP contribution in [-0.4, -0.2) is 48.2 Å². The molecule has 0 aliphatic carbocycles. The van der Waals surface area contributed by atoms with Crippen LogP contribution in [0.15, 0.2) is 22.7 Å². The molecule has 6 nitrogen and oxygen atoms in total. The second-order valence-corrected chi connectivity index (χ2v) is 7.67. The summed E-state index contributed by atoms with van der Waals surface area (Å²) < 4.78 is 11.6. The number of nitrogen functional groups attached to an aromatic ring is 1. The molecule has 2 N–H and O–H groups in total. The van der Waals surface area contributed by atoms with E-state index in [1.807, 2.05) is 12.1 Å². The number of benzene rings is 1. The largest absolute Gasteiger partial charge is 0.444 e. The van der Waals surface area contributed by atoms with Crippen molar-refractivity contribution in [3.63, 3.8) is 0 Å². The summed E-state index contributed by atoms with van der Waals surface area (Å²) in [6.07, 6.45) is -0.357. The van der Waals surface area contributed by atoms with Crippen LogP contribution < -0.4 is 5.73 Å². The zero-order valence-electron chi connectivity index (χ0n) is 14.2. The molecule has 0 saturated carbocycles. The molecule has 0 radical (unpaired) electrons. The van der Waals surface area contributed by atoms with Crippen LogP contribution in [0.4, 0.5) is 10.5 Å². The number of amides is 1. The van der Waals surface area contributed by atoms with Gasteiger partial charge in [0.25, 0.3) is 0 Å². The van der Waals surface area contributed by atoms with Crippen molar-refractivity contribution < 1.29 is 19.1 Å². The highest BCUT2D eigenvalue weighted by Gasteiger charge is 2.35. The fourth-order valence-corrected chi connectivity index (χ4v) is 2.85. The molecule has 1 heterocycles. The monoisotopic (exact) mass is 398 g/mol. The summed E-state index contributed by atoms with van der Waals surface area (Å²) in [7, 11) is 0. The number of ketones is 1. The molecule has 1 aromatic rings. The Morgan fingerprint density at radius 3 is 2.79 bits per heavy atom. The Balaban J connectivity index is 2.13. The molecule has 1 saturated heterocycles. The maximum atomic E-state index is 12.7. The van der Waals surface area contributed by atoms with Gasteiger partial charge in [-0.25, -0.2) is 4.79 Å². The molecule has 24 heavy (non-hydrogen) atoms. The van der Waals surface area contributed by atoms with Crippen molar-refractivity contribution >= 4 is 33.5 Å². The number of anilines is 1. The van der Waals surface area contributed by atoms with E-state index < -0.39 is 17.7 Å². The summed E-state index contributed by atoms with van der Waals surface area (Å²) in [6, 6.07) is 4.72. The van der Waals surface area contributed by atoms with E-state index in [1.165, 1.54) is 4.90 Å². The van der Waals surface area contributed by atoms with Crippen LogP contribution in [0, 0.1) is 0 Å². The number of ether oxygens (including phenoxy) is 2. The lowest BCUT2D eigenvalue weighted by Gasteiger charge is -2.35. The summed E-state index contributed by atoms with van der Waals surface area (Å²) in [5.41, 5.74) is 6.60. The standard InChI is InChI=1S/C17H23BrN2O4/c1-17(2,3)24-16(22)20-6-7-23-10-14(20)15(21)9-11-8-12(18)4-5-13(11)19/h4-5,8,14H,6-7,9-10,19H2,1-3H3/t14-/m0/s1. The van der Waals surface area contributed by atoms with Crippen molar-refractivity contribution in [1.29, 1.82) is 0 Å². The van der Waals surface area contributed by atoms with E-state index in [4.69, 9.17) is 15.2 Å². The molecule has 1 atom stereocenters. The molecular weight excluding hydrogens is 376 g/mol. The predicted molar refractivity (Wildman–Crippen MR) is 94.8 cm³/mol. The quantitative estimate of drug-likeness (QED) is 0.791. The lowest BCUT2D eigenvalue weighted by molar-refractivity contribution is -0.129. The van der Waals surface area contributed by atoms with Crippen LogP contribution in [0.5, 0.6) is 0 Å². The van der Waals surface area contributed by atoms with Gasteiger partial charge in [-0.1, -0.05) is 15.9 Å². The SMILES string of the molecule is CC(C)(C)OC(=O)N1CCOC[C@H]1C(=O)Cc1cc(Br)ccc1N. The van der Waals surface area contributed by atoms with Crippen LogP contribution in [-0.2, 0) is 20.7 Å².